The first-order valence-electron chi connectivity index (χ1n) is 11.3. The van der Waals surface area contributed by atoms with Crippen LogP contribution in [0.1, 0.15) is 37.5 Å². The lowest BCUT2D eigenvalue weighted by Gasteiger charge is -2.23. The number of benzene rings is 4. The summed E-state index contributed by atoms with van der Waals surface area (Å²) in [5.41, 5.74) is 3.18. The van der Waals surface area contributed by atoms with Gasteiger partial charge in [-0.15, -0.1) is 0 Å². The summed E-state index contributed by atoms with van der Waals surface area (Å²) >= 11 is 0. The molecule has 0 amide bonds. The van der Waals surface area contributed by atoms with Crippen LogP contribution in [-0.4, -0.2) is 23.3 Å². The molecule has 0 spiro atoms. The van der Waals surface area contributed by atoms with Crippen LogP contribution in [0.25, 0.3) is 10.8 Å². The summed E-state index contributed by atoms with van der Waals surface area (Å²) in [6.07, 6.45) is 0.461. The van der Waals surface area contributed by atoms with Crippen molar-refractivity contribution in [2.45, 2.75) is 38.8 Å². The van der Waals surface area contributed by atoms with E-state index >= 15 is 0 Å². The Hall–Kier alpha value is -3.72. The molecular weight excluding hydrogens is 406 g/mol. The normalized spacial score (nSPS) is 12.2. The van der Waals surface area contributed by atoms with Gasteiger partial charge in [-0.05, 0) is 37.1 Å². The minimum absolute atomic E-state index is 0.319. The molecule has 33 heavy (non-hydrogen) atoms. The molecule has 0 fully saturated rings. The molecule has 166 valence electrons. The van der Waals surface area contributed by atoms with Crippen molar-refractivity contribution >= 4 is 22.5 Å². The zero-order valence-corrected chi connectivity index (χ0v) is 19.4. The first-order valence-corrected chi connectivity index (χ1v) is 11.3. The van der Waals surface area contributed by atoms with Crippen molar-refractivity contribution in [2.75, 3.05) is 0 Å². The second kappa shape index (κ2) is 9.83. The average Bonchev–Trinajstić information content (AvgIpc) is 2.81. The number of rotatable bonds is 6. The Bertz CT molecular complexity index is 1210. The monoisotopic (exact) mass is 435 g/mol. The molecule has 0 heterocycles. The number of carbonyl (C=O) groups excluding carboxylic acids is 1. The predicted octanol–water partition coefficient (Wildman–Crippen LogP) is 6.63. The summed E-state index contributed by atoms with van der Waals surface area (Å²) in [6.45, 7) is 5.66. The van der Waals surface area contributed by atoms with E-state index in [-0.39, 0.29) is 5.97 Å². The summed E-state index contributed by atoms with van der Waals surface area (Å²) < 4.78 is 5.79. The lowest BCUT2D eigenvalue weighted by molar-refractivity contribution is -0.156. The van der Waals surface area contributed by atoms with Gasteiger partial charge in [0.15, 0.2) is 6.04 Å². The number of fused-ring (bicyclic) bond motifs is 1. The molecule has 3 heteroatoms. The zero-order valence-electron chi connectivity index (χ0n) is 19.4. The molecule has 4 aromatic rings. The number of carbonyl (C=O) groups is 1. The maximum absolute atomic E-state index is 13.3. The summed E-state index contributed by atoms with van der Waals surface area (Å²) in [6, 6.07) is 33.8. The molecule has 4 aromatic carbocycles. The maximum Gasteiger partial charge on any atom is 0.331 e. The van der Waals surface area contributed by atoms with E-state index < -0.39 is 11.6 Å². The van der Waals surface area contributed by atoms with Crippen molar-refractivity contribution in [1.82, 2.24) is 0 Å². The van der Waals surface area contributed by atoms with Crippen LogP contribution in [0.4, 0.5) is 0 Å². The highest BCUT2D eigenvalue weighted by atomic mass is 16.6. The maximum atomic E-state index is 13.3. The second-order valence-corrected chi connectivity index (χ2v) is 9.14. The van der Waals surface area contributed by atoms with Gasteiger partial charge in [-0.1, -0.05) is 103 Å². The van der Waals surface area contributed by atoms with Crippen molar-refractivity contribution in [3.8, 4) is 0 Å². The lowest BCUT2D eigenvalue weighted by atomic mass is 9.99. The van der Waals surface area contributed by atoms with Gasteiger partial charge < -0.3 is 4.74 Å². The second-order valence-electron chi connectivity index (χ2n) is 9.14. The van der Waals surface area contributed by atoms with Crippen molar-refractivity contribution in [3.05, 3.63) is 120 Å². The molecule has 0 saturated heterocycles. The molecule has 4 rings (SSSR count). The Morgan fingerprint density at radius 3 is 1.88 bits per heavy atom. The first kappa shape index (κ1) is 22.5. The smallest absolute Gasteiger partial charge is 0.331 e. The SMILES string of the molecule is CC(C)(C)OC(=O)C(Cc1ccc2ccccc2c1)N=C(c1ccccc1)c1ccccc1. The van der Waals surface area contributed by atoms with Crippen LogP contribution in [0.15, 0.2) is 108 Å². The number of hydrogen-bond acceptors (Lipinski definition) is 3. The fraction of sp³-hybridized carbons (Fsp3) is 0.200. The van der Waals surface area contributed by atoms with E-state index in [0.29, 0.717) is 6.42 Å². The van der Waals surface area contributed by atoms with Crippen LogP contribution in [0.3, 0.4) is 0 Å². The number of hydrogen-bond donors (Lipinski definition) is 0. The average molecular weight is 436 g/mol. The van der Waals surface area contributed by atoms with Crippen molar-refractivity contribution in [2.24, 2.45) is 4.99 Å². The van der Waals surface area contributed by atoms with Gasteiger partial charge in [0.2, 0.25) is 0 Å². The van der Waals surface area contributed by atoms with Gasteiger partial charge >= 0.3 is 5.97 Å². The number of nitrogens with zero attached hydrogens (tertiary/aromatic N) is 1. The van der Waals surface area contributed by atoms with Gasteiger partial charge in [0.1, 0.15) is 5.60 Å². The summed E-state index contributed by atoms with van der Waals surface area (Å²) in [7, 11) is 0. The molecule has 1 atom stereocenters. The highest BCUT2D eigenvalue weighted by Gasteiger charge is 2.26. The van der Waals surface area contributed by atoms with Crippen LogP contribution in [0.5, 0.6) is 0 Å². The van der Waals surface area contributed by atoms with Gasteiger partial charge in [0.25, 0.3) is 0 Å². The molecule has 0 N–H and O–H groups in total. The van der Waals surface area contributed by atoms with E-state index in [1.165, 1.54) is 5.39 Å². The Kier molecular flexibility index (Phi) is 6.69. The summed E-state index contributed by atoms with van der Waals surface area (Å²) in [4.78, 5) is 18.3. The predicted molar refractivity (Wildman–Crippen MR) is 136 cm³/mol. The highest BCUT2D eigenvalue weighted by Crippen LogP contribution is 2.21. The molecule has 0 bridgehead atoms. The Morgan fingerprint density at radius 2 is 1.30 bits per heavy atom. The van der Waals surface area contributed by atoms with E-state index in [0.717, 1.165) is 27.8 Å². The van der Waals surface area contributed by atoms with Gasteiger partial charge in [0, 0.05) is 17.5 Å². The standard InChI is InChI=1S/C30H29NO2/c1-30(2,3)33-29(32)27(21-22-18-19-23-12-10-11-17-26(23)20-22)31-28(24-13-6-4-7-14-24)25-15-8-5-9-16-25/h4-20,27H,21H2,1-3H3. The van der Waals surface area contributed by atoms with Gasteiger partial charge in [0.05, 0.1) is 5.71 Å². The van der Waals surface area contributed by atoms with E-state index in [9.17, 15) is 4.79 Å². The molecule has 1 unspecified atom stereocenters. The molecule has 0 saturated carbocycles. The van der Waals surface area contributed by atoms with E-state index in [4.69, 9.17) is 9.73 Å². The van der Waals surface area contributed by atoms with Gasteiger partial charge in [-0.2, -0.15) is 0 Å². The van der Waals surface area contributed by atoms with Crippen LogP contribution in [0, 0.1) is 0 Å². The Morgan fingerprint density at radius 1 is 0.758 bits per heavy atom. The highest BCUT2D eigenvalue weighted by molar-refractivity contribution is 6.13. The minimum Gasteiger partial charge on any atom is -0.458 e. The van der Waals surface area contributed by atoms with Crippen LogP contribution >= 0.6 is 0 Å². The van der Waals surface area contributed by atoms with Crippen LogP contribution in [0.2, 0.25) is 0 Å². The molecular formula is C30H29NO2. The zero-order chi connectivity index (χ0) is 23.3. The molecule has 0 aromatic heterocycles. The van der Waals surface area contributed by atoms with E-state index in [1.807, 2.05) is 93.6 Å². The molecule has 0 aliphatic heterocycles. The fourth-order valence-electron chi connectivity index (χ4n) is 3.80. The van der Waals surface area contributed by atoms with Crippen molar-refractivity contribution in [1.29, 1.82) is 0 Å². The molecule has 0 aliphatic rings. The fourth-order valence-corrected chi connectivity index (χ4v) is 3.80. The number of aliphatic imine (C=N–C) groups is 1. The molecule has 3 nitrogen and oxygen atoms in total. The van der Waals surface area contributed by atoms with E-state index in [1.54, 1.807) is 0 Å². The third-order valence-corrected chi connectivity index (χ3v) is 5.30. The third-order valence-electron chi connectivity index (χ3n) is 5.30. The minimum atomic E-state index is -0.666. The Labute approximate surface area is 195 Å². The van der Waals surface area contributed by atoms with Crippen LogP contribution < -0.4 is 0 Å². The lowest BCUT2D eigenvalue weighted by Crippen LogP contribution is -2.33. The topological polar surface area (TPSA) is 38.7 Å². The largest absolute Gasteiger partial charge is 0.458 e. The Balaban J connectivity index is 1.77. The van der Waals surface area contributed by atoms with E-state index in [2.05, 4.69) is 30.3 Å². The molecule has 0 aliphatic carbocycles. The van der Waals surface area contributed by atoms with Crippen molar-refractivity contribution < 1.29 is 9.53 Å². The number of esters is 1. The van der Waals surface area contributed by atoms with Crippen molar-refractivity contribution in [3.63, 3.8) is 0 Å². The quantitative estimate of drug-likeness (QED) is 0.252. The van der Waals surface area contributed by atoms with Gasteiger partial charge in [-0.25, -0.2) is 4.79 Å². The summed E-state index contributed by atoms with van der Waals surface area (Å²) in [5, 5.41) is 2.32. The van der Waals surface area contributed by atoms with Crippen LogP contribution in [-0.2, 0) is 16.0 Å². The van der Waals surface area contributed by atoms with Gasteiger partial charge in [-0.3, -0.25) is 4.99 Å². The molecule has 0 radical (unpaired) electrons. The summed E-state index contributed by atoms with van der Waals surface area (Å²) in [5.74, 6) is -0.319. The number of ether oxygens (including phenoxy) is 1. The third kappa shape index (κ3) is 5.95. The first-order chi connectivity index (χ1) is 15.9.